The molecule has 0 aliphatic carbocycles. The molecule has 16 heteroatoms. The number of thiocarbonyl (C=S) groups is 1. The van der Waals surface area contributed by atoms with E-state index in [2.05, 4.69) is 32.7 Å². The van der Waals surface area contributed by atoms with Gasteiger partial charge in [-0.15, -0.1) is 0 Å². The van der Waals surface area contributed by atoms with Gasteiger partial charge in [-0.2, -0.15) is 5.26 Å². The zero-order valence-corrected chi connectivity index (χ0v) is 32.5. The molecule has 0 spiro atoms. The number of nitrogens with two attached hydrogens (primary N) is 1. The normalized spacial score (nSPS) is 13.6. The minimum absolute atomic E-state index is 0.0507. The molecule has 4 unspecified atom stereocenters. The van der Waals surface area contributed by atoms with E-state index in [-0.39, 0.29) is 38.0 Å². The molecule has 0 aliphatic rings. The monoisotopic (exact) mass is 781 g/mol. The number of carbonyl (C=O) groups excluding carboxylic acids is 5. The SMILES string of the molecule is CC(C)CC(NC(=O)C(Cc1ccccc1)NC(=O)CNC(=O)CCC(C)(C#N)SC(=S)c1ccccc1)C(=O)NCC(=O)NC(CCCCN)C(=O)O. The second kappa shape index (κ2) is 23.7. The van der Waals surface area contributed by atoms with Crippen molar-refractivity contribution in [2.75, 3.05) is 19.6 Å². The van der Waals surface area contributed by atoms with Gasteiger partial charge in [0.05, 0.1) is 23.4 Å². The zero-order chi connectivity index (χ0) is 40.1. The molecule has 0 heterocycles. The Balaban J connectivity index is 2.03. The summed E-state index contributed by atoms with van der Waals surface area (Å²) < 4.78 is -0.460. The first-order chi connectivity index (χ1) is 25.7. The Bertz CT molecular complexity index is 1620. The van der Waals surface area contributed by atoms with Gasteiger partial charge in [0, 0.05) is 12.8 Å². The van der Waals surface area contributed by atoms with Crippen LogP contribution in [0.1, 0.15) is 70.4 Å². The Kier molecular flexibility index (Phi) is 19.9. The van der Waals surface area contributed by atoms with Gasteiger partial charge in [-0.05, 0) is 62.6 Å². The van der Waals surface area contributed by atoms with E-state index in [1.54, 1.807) is 37.3 Å². The van der Waals surface area contributed by atoms with Crippen LogP contribution in [0.3, 0.4) is 0 Å². The third-order valence-corrected chi connectivity index (χ3v) is 9.77. The molecule has 14 nitrogen and oxygen atoms in total. The van der Waals surface area contributed by atoms with E-state index >= 15 is 0 Å². The predicted molar refractivity (Wildman–Crippen MR) is 211 cm³/mol. The number of unbranched alkanes of at least 4 members (excludes halogenated alkanes) is 1. The first kappa shape index (κ1) is 45.3. The maximum Gasteiger partial charge on any atom is 0.326 e. The minimum atomic E-state index is -1.21. The Labute approximate surface area is 326 Å². The molecule has 0 bridgehead atoms. The Morgan fingerprint density at radius 2 is 1.43 bits per heavy atom. The van der Waals surface area contributed by atoms with Gasteiger partial charge in [0.25, 0.3) is 0 Å². The summed E-state index contributed by atoms with van der Waals surface area (Å²) in [6.45, 7) is 4.83. The van der Waals surface area contributed by atoms with Crippen LogP contribution in [-0.4, -0.2) is 87.3 Å². The average Bonchev–Trinajstić information content (AvgIpc) is 3.14. The van der Waals surface area contributed by atoms with Gasteiger partial charge < -0.3 is 37.4 Å². The quantitative estimate of drug-likeness (QED) is 0.0639. The summed E-state index contributed by atoms with van der Waals surface area (Å²) in [5.74, 6) is -4.41. The standard InChI is InChI=1S/C38H51N7O7S2/c1-25(2)20-29(34(49)42-23-33(48)43-28(36(51)52)16-10-11-19-39)45-35(50)30(21-26-12-6-4-7-13-26)44-32(47)22-41-31(46)17-18-38(3,24-40)54-37(53)27-14-8-5-9-15-27/h4-9,12-15,25,28-30H,10-11,16-23,39H2,1-3H3,(H,41,46)(H,42,49)(H,43,48)(H,44,47)(H,45,50)(H,51,52). The fourth-order valence-corrected chi connectivity index (χ4v) is 6.75. The Hall–Kier alpha value is -4.85. The number of benzene rings is 2. The first-order valence-corrected chi connectivity index (χ1v) is 19.0. The highest BCUT2D eigenvalue weighted by Crippen LogP contribution is 2.33. The number of rotatable bonds is 23. The van der Waals surface area contributed by atoms with Crippen molar-refractivity contribution in [2.45, 2.75) is 88.6 Å². The number of carbonyl (C=O) groups is 6. The molecule has 4 atom stereocenters. The van der Waals surface area contributed by atoms with Crippen molar-refractivity contribution < 1.29 is 33.9 Å². The van der Waals surface area contributed by atoms with Crippen molar-refractivity contribution in [3.63, 3.8) is 0 Å². The molecule has 0 saturated carbocycles. The van der Waals surface area contributed by atoms with E-state index in [0.29, 0.717) is 23.6 Å². The van der Waals surface area contributed by atoms with E-state index in [0.717, 1.165) is 11.1 Å². The highest BCUT2D eigenvalue weighted by atomic mass is 32.2. The number of hydrogen-bond donors (Lipinski definition) is 7. The van der Waals surface area contributed by atoms with Crippen LogP contribution in [0.4, 0.5) is 0 Å². The van der Waals surface area contributed by atoms with Crippen LogP contribution in [-0.2, 0) is 35.2 Å². The second-order valence-electron chi connectivity index (χ2n) is 13.3. The Morgan fingerprint density at radius 3 is 2.00 bits per heavy atom. The highest BCUT2D eigenvalue weighted by Gasteiger charge is 2.30. The molecule has 292 valence electrons. The van der Waals surface area contributed by atoms with E-state index in [9.17, 15) is 39.1 Å². The van der Waals surface area contributed by atoms with Gasteiger partial charge in [0.1, 0.15) is 22.9 Å². The molecular weight excluding hydrogens is 731 g/mol. The van der Waals surface area contributed by atoms with Gasteiger partial charge in [0.2, 0.25) is 29.5 Å². The molecule has 54 heavy (non-hydrogen) atoms. The largest absolute Gasteiger partial charge is 0.480 e. The second-order valence-corrected chi connectivity index (χ2v) is 15.5. The number of nitrogens with zero attached hydrogens (tertiary/aromatic N) is 1. The van der Waals surface area contributed by atoms with Gasteiger partial charge in [-0.3, -0.25) is 24.0 Å². The predicted octanol–water partition coefficient (Wildman–Crippen LogP) is 2.35. The number of hydrogen-bond acceptors (Lipinski definition) is 10. The summed E-state index contributed by atoms with van der Waals surface area (Å²) in [5, 5.41) is 32.0. The lowest BCUT2D eigenvalue weighted by molar-refractivity contribution is -0.142. The summed E-state index contributed by atoms with van der Waals surface area (Å²) in [7, 11) is 0. The number of aliphatic carboxylic acids is 1. The molecule has 2 aromatic rings. The van der Waals surface area contributed by atoms with Crippen LogP contribution >= 0.6 is 24.0 Å². The molecule has 0 radical (unpaired) electrons. The summed E-state index contributed by atoms with van der Waals surface area (Å²) in [4.78, 5) is 76.7. The lowest BCUT2D eigenvalue weighted by atomic mass is 10.0. The summed E-state index contributed by atoms with van der Waals surface area (Å²) in [6.07, 6.45) is 1.68. The van der Waals surface area contributed by atoms with Crippen molar-refractivity contribution in [1.82, 2.24) is 26.6 Å². The lowest BCUT2D eigenvalue weighted by Crippen LogP contribution is -2.56. The number of thioether (sulfide) groups is 1. The van der Waals surface area contributed by atoms with Crippen molar-refractivity contribution >= 4 is 63.7 Å². The van der Waals surface area contributed by atoms with Crippen LogP contribution in [0.15, 0.2) is 60.7 Å². The first-order valence-electron chi connectivity index (χ1n) is 17.8. The van der Waals surface area contributed by atoms with E-state index < -0.39 is 71.5 Å². The van der Waals surface area contributed by atoms with Gasteiger partial charge in [-0.25, -0.2) is 4.79 Å². The van der Waals surface area contributed by atoms with Gasteiger partial charge in [0.15, 0.2) is 0 Å². The lowest BCUT2D eigenvalue weighted by Gasteiger charge is -2.24. The number of carboxylic acids is 1. The molecule has 8 N–H and O–H groups in total. The Morgan fingerprint density at radius 1 is 0.833 bits per heavy atom. The fourth-order valence-electron chi connectivity index (χ4n) is 5.15. The molecule has 0 fully saturated rings. The van der Waals surface area contributed by atoms with Crippen LogP contribution < -0.4 is 32.3 Å². The molecule has 0 aromatic heterocycles. The van der Waals surface area contributed by atoms with Crippen LogP contribution in [0.2, 0.25) is 0 Å². The smallest absolute Gasteiger partial charge is 0.326 e. The number of nitriles is 1. The fraction of sp³-hybridized carbons (Fsp3) is 0.474. The van der Waals surface area contributed by atoms with Crippen molar-refractivity contribution in [1.29, 1.82) is 5.26 Å². The maximum atomic E-state index is 13.6. The van der Waals surface area contributed by atoms with Crippen molar-refractivity contribution in [3.05, 3.63) is 71.8 Å². The van der Waals surface area contributed by atoms with Gasteiger partial charge >= 0.3 is 5.97 Å². The minimum Gasteiger partial charge on any atom is -0.480 e. The van der Waals surface area contributed by atoms with Gasteiger partial charge in [-0.1, -0.05) is 98.5 Å². The summed E-state index contributed by atoms with van der Waals surface area (Å²) in [6, 6.07) is 17.0. The third-order valence-electron chi connectivity index (χ3n) is 8.12. The number of carboxylic acid groups (broad SMARTS) is 1. The topological polar surface area (TPSA) is 233 Å². The molecule has 5 amide bonds. The van der Waals surface area contributed by atoms with Crippen LogP contribution in [0.25, 0.3) is 0 Å². The number of nitrogens with one attached hydrogen (secondary N) is 5. The van der Waals surface area contributed by atoms with Crippen molar-refractivity contribution in [2.24, 2.45) is 11.7 Å². The molecule has 0 aliphatic heterocycles. The summed E-state index contributed by atoms with van der Waals surface area (Å²) >= 11 is 6.69. The summed E-state index contributed by atoms with van der Waals surface area (Å²) in [5.41, 5.74) is 6.99. The molecule has 2 rings (SSSR count). The third kappa shape index (κ3) is 17.3. The molecular formula is C38H51N7O7S2. The molecule has 0 saturated heterocycles. The van der Waals surface area contributed by atoms with E-state index in [1.165, 1.54) is 11.8 Å². The van der Waals surface area contributed by atoms with Crippen LogP contribution in [0.5, 0.6) is 0 Å². The zero-order valence-electron chi connectivity index (χ0n) is 30.9. The number of amides is 5. The molecule has 2 aromatic carbocycles. The highest BCUT2D eigenvalue weighted by molar-refractivity contribution is 8.24. The van der Waals surface area contributed by atoms with Crippen molar-refractivity contribution in [3.8, 4) is 6.07 Å². The van der Waals surface area contributed by atoms with E-state index in [4.69, 9.17) is 18.0 Å². The maximum absolute atomic E-state index is 13.6. The average molecular weight is 782 g/mol. The van der Waals surface area contributed by atoms with E-state index in [1.807, 2.05) is 44.2 Å². The van der Waals surface area contributed by atoms with Crippen LogP contribution in [0, 0.1) is 17.2 Å².